The molecule has 1 aromatic rings. The first-order valence-electron chi connectivity index (χ1n) is 8.45. The molecule has 2 nitrogen and oxygen atoms in total. The number of rotatable bonds is 10. The normalized spacial score (nSPS) is 12.9. The minimum absolute atomic E-state index is 0.548. The van der Waals surface area contributed by atoms with E-state index in [1.165, 1.54) is 24.8 Å². The van der Waals surface area contributed by atoms with E-state index in [2.05, 4.69) is 51.2 Å². The Hall–Kier alpha value is -1.02. The van der Waals surface area contributed by atoms with Gasteiger partial charge < -0.3 is 10.1 Å². The van der Waals surface area contributed by atoms with Gasteiger partial charge in [0, 0.05) is 6.04 Å². The molecule has 1 rings (SSSR count). The van der Waals surface area contributed by atoms with Crippen LogP contribution in [0.3, 0.4) is 0 Å². The highest BCUT2D eigenvalue weighted by atomic mass is 16.5. The summed E-state index contributed by atoms with van der Waals surface area (Å²) in [6.07, 6.45) is 4.95. The van der Waals surface area contributed by atoms with Crippen molar-refractivity contribution in [2.24, 2.45) is 11.8 Å². The third kappa shape index (κ3) is 6.52. The summed E-state index contributed by atoms with van der Waals surface area (Å²) in [5.41, 5.74) is 1.33. The molecule has 0 amide bonds. The summed E-state index contributed by atoms with van der Waals surface area (Å²) in [5, 5.41) is 3.62. The van der Waals surface area contributed by atoms with Gasteiger partial charge in [0.15, 0.2) is 0 Å². The molecule has 0 heterocycles. The Balaban J connectivity index is 2.75. The lowest BCUT2D eigenvalue weighted by Gasteiger charge is -2.24. The minimum Gasteiger partial charge on any atom is -0.496 e. The van der Waals surface area contributed by atoms with Crippen LogP contribution in [0.5, 0.6) is 5.75 Å². The second-order valence-corrected chi connectivity index (χ2v) is 6.36. The fourth-order valence-corrected chi connectivity index (χ4v) is 2.92. The van der Waals surface area contributed by atoms with Crippen LogP contribution in [0.25, 0.3) is 0 Å². The lowest BCUT2D eigenvalue weighted by Crippen LogP contribution is -2.31. The number of para-hydroxylation sites is 1. The second kappa shape index (κ2) is 9.83. The number of methoxy groups -OCH3 is 1. The second-order valence-electron chi connectivity index (χ2n) is 6.36. The third-order valence-corrected chi connectivity index (χ3v) is 4.34. The Labute approximate surface area is 131 Å². The highest BCUT2D eigenvalue weighted by molar-refractivity contribution is 5.33. The van der Waals surface area contributed by atoms with Crippen molar-refractivity contribution in [3.63, 3.8) is 0 Å². The average molecular weight is 291 g/mol. The Bertz CT molecular complexity index is 385. The highest BCUT2D eigenvalue weighted by Crippen LogP contribution is 2.26. The molecule has 1 N–H and O–H groups in total. The predicted octanol–water partition coefficient (Wildman–Crippen LogP) is 4.68. The summed E-state index contributed by atoms with van der Waals surface area (Å²) in [7, 11) is 1.76. The predicted molar refractivity (Wildman–Crippen MR) is 92.0 cm³/mol. The Morgan fingerprint density at radius 2 is 1.71 bits per heavy atom. The van der Waals surface area contributed by atoms with E-state index >= 15 is 0 Å². The maximum atomic E-state index is 5.51. The van der Waals surface area contributed by atoms with Crippen LogP contribution in [-0.4, -0.2) is 19.7 Å². The smallest absolute Gasteiger partial charge is 0.122 e. The molecule has 0 radical (unpaired) electrons. The average Bonchev–Trinajstić information content (AvgIpc) is 2.50. The quantitative estimate of drug-likeness (QED) is 0.676. The van der Waals surface area contributed by atoms with Crippen LogP contribution in [0, 0.1) is 11.8 Å². The summed E-state index contributed by atoms with van der Waals surface area (Å²) in [6.45, 7) is 10.1. The Kier molecular flexibility index (Phi) is 8.44. The first kappa shape index (κ1) is 18.0. The van der Waals surface area contributed by atoms with Crippen LogP contribution >= 0.6 is 0 Å². The highest BCUT2D eigenvalue weighted by Gasteiger charge is 2.17. The van der Waals surface area contributed by atoms with Gasteiger partial charge in [-0.15, -0.1) is 0 Å². The van der Waals surface area contributed by atoms with E-state index in [0.29, 0.717) is 12.0 Å². The SMILES string of the molecule is CCC(CC)CC(CNC(C)C)Cc1ccccc1OC. The molecular weight excluding hydrogens is 258 g/mol. The van der Waals surface area contributed by atoms with E-state index in [4.69, 9.17) is 4.74 Å². The van der Waals surface area contributed by atoms with Gasteiger partial charge in [-0.25, -0.2) is 0 Å². The van der Waals surface area contributed by atoms with Crippen LogP contribution in [0.1, 0.15) is 52.5 Å². The largest absolute Gasteiger partial charge is 0.496 e. The summed E-state index contributed by atoms with van der Waals surface area (Å²) < 4.78 is 5.51. The van der Waals surface area contributed by atoms with Crippen LogP contribution in [0.4, 0.5) is 0 Å². The molecule has 0 fully saturated rings. The van der Waals surface area contributed by atoms with Crippen molar-refractivity contribution in [3.8, 4) is 5.75 Å². The van der Waals surface area contributed by atoms with Crippen molar-refractivity contribution >= 4 is 0 Å². The third-order valence-electron chi connectivity index (χ3n) is 4.34. The summed E-state index contributed by atoms with van der Waals surface area (Å²) in [5.74, 6) is 2.53. The molecule has 0 aliphatic carbocycles. The van der Waals surface area contributed by atoms with Gasteiger partial charge in [-0.2, -0.15) is 0 Å². The molecule has 0 aliphatic rings. The van der Waals surface area contributed by atoms with E-state index in [-0.39, 0.29) is 0 Å². The number of benzene rings is 1. The van der Waals surface area contributed by atoms with Gasteiger partial charge in [-0.1, -0.05) is 58.7 Å². The minimum atomic E-state index is 0.548. The molecule has 21 heavy (non-hydrogen) atoms. The summed E-state index contributed by atoms with van der Waals surface area (Å²) in [6, 6.07) is 8.98. The van der Waals surface area contributed by atoms with Crippen molar-refractivity contribution in [1.82, 2.24) is 5.32 Å². The van der Waals surface area contributed by atoms with Crippen molar-refractivity contribution in [1.29, 1.82) is 0 Å². The van der Waals surface area contributed by atoms with Crippen LogP contribution in [0.2, 0.25) is 0 Å². The zero-order valence-electron chi connectivity index (χ0n) is 14.5. The molecule has 0 spiro atoms. The maximum Gasteiger partial charge on any atom is 0.122 e. The van der Waals surface area contributed by atoms with Crippen LogP contribution < -0.4 is 10.1 Å². The lowest BCUT2D eigenvalue weighted by atomic mass is 9.86. The van der Waals surface area contributed by atoms with Crippen molar-refractivity contribution in [2.75, 3.05) is 13.7 Å². The lowest BCUT2D eigenvalue weighted by molar-refractivity contribution is 0.326. The van der Waals surface area contributed by atoms with Crippen LogP contribution in [-0.2, 0) is 6.42 Å². The maximum absolute atomic E-state index is 5.51. The molecule has 0 aliphatic heterocycles. The molecule has 0 bridgehead atoms. The molecule has 1 unspecified atom stereocenters. The van der Waals surface area contributed by atoms with Crippen LogP contribution in [0.15, 0.2) is 24.3 Å². The fraction of sp³-hybridized carbons (Fsp3) is 0.684. The monoisotopic (exact) mass is 291 g/mol. The number of hydrogen-bond donors (Lipinski definition) is 1. The van der Waals surface area contributed by atoms with Gasteiger partial charge in [0.1, 0.15) is 5.75 Å². The molecule has 0 saturated heterocycles. The molecule has 1 aromatic carbocycles. The number of nitrogens with one attached hydrogen (secondary N) is 1. The number of ether oxygens (including phenoxy) is 1. The van der Waals surface area contributed by atoms with Crippen molar-refractivity contribution < 1.29 is 4.74 Å². The molecule has 2 heteroatoms. The first-order valence-corrected chi connectivity index (χ1v) is 8.45. The first-order chi connectivity index (χ1) is 10.1. The molecule has 1 atom stereocenters. The fourth-order valence-electron chi connectivity index (χ4n) is 2.92. The summed E-state index contributed by atoms with van der Waals surface area (Å²) >= 11 is 0. The van der Waals surface area contributed by atoms with Gasteiger partial charge in [-0.3, -0.25) is 0 Å². The molecule has 0 aromatic heterocycles. The topological polar surface area (TPSA) is 21.3 Å². The van der Waals surface area contributed by atoms with E-state index in [9.17, 15) is 0 Å². The van der Waals surface area contributed by atoms with Crippen molar-refractivity contribution in [3.05, 3.63) is 29.8 Å². The zero-order valence-corrected chi connectivity index (χ0v) is 14.5. The van der Waals surface area contributed by atoms with Gasteiger partial charge in [0.2, 0.25) is 0 Å². The molecule has 0 saturated carbocycles. The van der Waals surface area contributed by atoms with E-state index < -0.39 is 0 Å². The number of hydrogen-bond acceptors (Lipinski definition) is 2. The van der Waals surface area contributed by atoms with E-state index in [1.807, 2.05) is 6.07 Å². The van der Waals surface area contributed by atoms with E-state index in [1.54, 1.807) is 7.11 Å². The zero-order chi connectivity index (χ0) is 15.7. The van der Waals surface area contributed by atoms with Gasteiger partial charge in [0.05, 0.1) is 7.11 Å². The Morgan fingerprint density at radius 1 is 1.05 bits per heavy atom. The Morgan fingerprint density at radius 3 is 2.29 bits per heavy atom. The molecular formula is C19H33NO. The van der Waals surface area contributed by atoms with Gasteiger partial charge in [-0.05, 0) is 42.9 Å². The molecule has 120 valence electrons. The van der Waals surface area contributed by atoms with Gasteiger partial charge in [0.25, 0.3) is 0 Å². The standard InChI is InChI=1S/C19H33NO/c1-6-16(7-2)12-17(14-20-15(3)4)13-18-10-8-9-11-19(18)21-5/h8-11,15-17,20H,6-7,12-14H2,1-5H3. The summed E-state index contributed by atoms with van der Waals surface area (Å²) in [4.78, 5) is 0. The van der Waals surface area contributed by atoms with E-state index in [0.717, 1.165) is 24.6 Å². The van der Waals surface area contributed by atoms with Crippen molar-refractivity contribution in [2.45, 2.75) is 59.4 Å². The van der Waals surface area contributed by atoms with Gasteiger partial charge >= 0.3 is 0 Å².